The van der Waals surface area contributed by atoms with Gasteiger partial charge in [-0.2, -0.15) is 0 Å². The number of amides is 1. The fourth-order valence-corrected chi connectivity index (χ4v) is 2.30. The van der Waals surface area contributed by atoms with Crippen molar-refractivity contribution < 1.29 is 4.79 Å². The predicted octanol–water partition coefficient (Wildman–Crippen LogP) is 2.56. The molecule has 2 rings (SSSR count). The molecule has 0 saturated heterocycles. The molecule has 0 aliphatic carbocycles. The highest BCUT2D eigenvalue weighted by molar-refractivity contribution is 5.93. The number of hydrogen-bond donors (Lipinski definition) is 1. The van der Waals surface area contributed by atoms with Crippen molar-refractivity contribution in [2.24, 2.45) is 5.92 Å². The van der Waals surface area contributed by atoms with Crippen LogP contribution in [0.3, 0.4) is 0 Å². The lowest BCUT2D eigenvalue weighted by molar-refractivity contribution is 0.0935. The number of hydrogen-bond acceptors (Lipinski definition) is 3. The maximum Gasteiger partial charge on any atom is 0.270 e. The Morgan fingerprint density at radius 3 is 2.68 bits per heavy atom. The first kappa shape index (κ1) is 16.2. The summed E-state index contributed by atoms with van der Waals surface area (Å²) in [6.07, 6.45) is 4.99. The number of nitrogens with zero attached hydrogens (tertiary/aromatic N) is 2. The Morgan fingerprint density at radius 2 is 2.00 bits per heavy atom. The molecule has 22 heavy (non-hydrogen) atoms. The number of carbonyl (C=O) groups is 1. The number of aryl methyl sites for hydroxylation is 1. The first-order valence-corrected chi connectivity index (χ1v) is 7.67. The van der Waals surface area contributed by atoms with Crippen molar-refractivity contribution in [3.05, 3.63) is 46.0 Å². The third kappa shape index (κ3) is 3.72. The molecule has 1 N–H and O–H groups in total. The van der Waals surface area contributed by atoms with Crippen LogP contribution in [0.4, 0.5) is 0 Å². The van der Waals surface area contributed by atoms with E-state index >= 15 is 0 Å². The third-order valence-corrected chi connectivity index (χ3v) is 3.65. The molecule has 2 aromatic rings. The zero-order valence-corrected chi connectivity index (χ0v) is 13.6. The number of fused-ring (bicyclic) bond motifs is 1. The summed E-state index contributed by atoms with van der Waals surface area (Å²) in [5, 5.41) is 2.88. The van der Waals surface area contributed by atoms with E-state index in [0.717, 1.165) is 18.4 Å². The van der Waals surface area contributed by atoms with Crippen molar-refractivity contribution in [3.63, 3.8) is 0 Å². The first-order valence-electron chi connectivity index (χ1n) is 7.67. The monoisotopic (exact) mass is 301 g/mol. The van der Waals surface area contributed by atoms with Gasteiger partial charge in [-0.15, -0.1) is 0 Å². The SMILES string of the molecule is Cc1ccc2ncc(C(=O)NC(C)CCC(C)C)c(=O)n2c1. The summed E-state index contributed by atoms with van der Waals surface area (Å²) >= 11 is 0. The average molecular weight is 301 g/mol. The molecule has 0 saturated carbocycles. The van der Waals surface area contributed by atoms with Gasteiger partial charge in [0.25, 0.3) is 11.5 Å². The Kier molecular flexibility index (Phi) is 4.96. The Bertz CT molecular complexity index is 734. The molecule has 1 atom stereocenters. The molecule has 0 bridgehead atoms. The van der Waals surface area contributed by atoms with Gasteiger partial charge < -0.3 is 5.32 Å². The molecule has 2 heterocycles. The van der Waals surface area contributed by atoms with E-state index in [4.69, 9.17) is 0 Å². The van der Waals surface area contributed by atoms with Gasteiger partial charge >= 0.3 is 0 Å². The highest BCUT2D eigenvalue weighted by Gasteiger charge is 2.15. The van der Waals surface area contributed by atoms with Gasteiger partial charge in [-0.3, -0.25) is 14.0 Å². The molecule has 2 aromatic heterocycles. The number of rotatable bonds is 5. The van der Waals surface area contributed by atoms with E-state index < -0.39 is 0 Å². The lowest BCUT2D eigenvalue weighted by atomic mass is 10.0. The number of nitrogens with one attached hydrogen (secondary N) is 1. The Hall–Kier alpha value is -2.17. The summed E-state index contributed by atoms with van der Waals surface area (Å²) in [6, 6.07) is 3.69. The van der Waals surface area contributed by atoms with Crippen molar-refractivity contribution in [1.29, 1.82) is 0 Å². The van der Waals surface area contributed by atoms with E-state index in [0.29, 0.717) is 11.6 Å². The van der Waals surface area contributed by atoms with E-state index in [9.17, 15) is 9.59 Å². The molecule has 5 nitrogen and oxygen atoms in total. The van der Waals surface area contributed by atoms with Crippen LogP contribution < -0.4 is 10.9 Å². The van der Waals surface area contributed by atoms with E-state index in [1.807, 2.05) is 19.9 Å². The van der Waals surface area contributed by atoms with Crippen LogP contribution in [0, 0.1) is 12.8 Å². The van der Waals surface area contributed by atoms with Gasteiger partial charge in [-0.25, -0.2) is 4.98 Å². The fraction of sp³-hybridized carbons (Fsp3) is 0.471. The van der Waals surface area contributed by atoms with Crippen LogP contribution in [0.15, 0.2) is 29.3 Å². The van der Waals surface area contributed by atoms with Crippen LogP contribution in [-0.2, 0) is 0 Å². The Morgan fingerprint density at radius 1 is 1.27 bits per heavy atom. The Labute approximate surface area is 130 Å². The van der Waals surface area contributed by atoms with Crippen LogP contribution in [0.25, 0.3) is 5.65 Å². The van der Waals surface area contributed by atoms with Gasteiger partial charge in [0.15, 0.2) is 0 Å². The van der Waals surface area contributed by atoms with Crippen molar-refractivity contribution in [1.82, 2.24) is 14.7 Å². The third-order valence-electron chi connectivity index (χ3n) is 3.65. The minimum atomic E-state index is -0.357. The maximum absolute atomic E-state index is 12.4. The van der Waals surface area contributed by atoms with Crippen LogP contribution in [0.1, 0.15) is 49.5 Å². The summed E-state index contributed by atoms with van der Waals surface area (Å²) in [5.41, 5.74) is 1.24. The standard InChI is InChI=1S/C17H23N3O2/c1-11(2)5-7-13(4)19-16(21)14-9-18-15-8-6-12(3)10-20(15)17(14)22/h6,8-11,13H,5,7H2,1-4H3,(H,19,21). The summed E-state index contributed by atoms with van der Waals surface area (Å²) < 4.78 is 1.42. The van der Waals surface area contributed by atoms with Gasteiger partial charge in [-0.05, 0) is 44.2 Å². The van der Waals surface area contributed by atoms with E-state index in [1.54, 1.807) is 12.3 Å². The summed E-state index contributed by atoms with van der Waals surface area (Å²) in [6.45, 7) is 8.15. The van der Waals surface area contributed by atoms with Crippen molar-refractivity contribution in [2.45, 2.75) is 46.6 Å². The molecule has 5 heteroatoms. The predicted molar refractivity (Wildman–Crippen MR) is 87.2 cm³/mol. The van der Waals surface area contributed by atoms with E-state index in [1.165, 1.54) is 10.6 Å². The van der Waals surface area contributed by atoms with Crippen LogP contribution in [0.2, 0.25) is 0 Å². The van der Waals surface area contributed by atoms with Crippen LogP contribution in [0.5, 0.6) is 0 Å². The molecular weight excluding hydrogens is 278 g/mol. The lowest BCUT2D eigenvalue weighted by Crippen LogP contribution is -2.37. The van der Waals surface area contributed by atoms with Crippen molar-refractivity contribution in [2.75, 3.05) is 0 Å². The topological polar surface area (TPSA) is 63.5 Å². The first-order chi connectivity index (χ1) is 10.4. The number of pyridine rings is 1. The quantitative estimate of drug-likeness (QED) is 0.923. The van der Waals surface area contributed by atoms with Crippen LogP contribution in [-0.4, -0.2) is 21.3 Å². The van der Waals surface area contributed by atoms with Gasteiger partial charge in [0, 0.05) is 18.4 Å². The second-order valence-corrected chi connectivity index (χ2v) is 6.26. The molecule has 0 aromatic carbocycles. The number of carbonyl (C=O) groups excluding carboxylic acids is 1. The minimum absolute atomic E-state index is 0.0347. The van der Waals surface area contributed by atoms with E-state index in [2.05, 4.69) is 24.1 Å². The normalized spacial score (nSPS) is 12.6. The van der Waals surface area contributed by atoms with E-state index in [-0.39, 0.29) is 23.1 Å². The zero-order chi connectivity index (χ0) is 16.3. The molecule has 0 aliphatic rings. The zero-order valence-electron chi connectivity index (χ0n) is 13.6. The molecule has 0 radical (unpaired) electrons. The second-order valence-electron chi connectivity index (χ2n) is 6.26. The molecule has 0 aliphatic heterocycles. The summed E-state index contributed by atoms with van der Waals surface area (Å²) in [5.74, 6) is 0.236. The molecule has 1 unspecified atom stereocenters. The van der Waals surface area contributed by atoms with Gasteiger partial charge in [0.1, 0.15) is 11.2 Å². The number of aromatic nitrogens is 2. The molecule has 0 spiro atoms. The summed E-state index contributed by atoms with van der Waals surface area (Å²) in [7, 11) is 0. The highest BCUT2D eigenvalue weighted by atomic mass is 16.2. The van der Waals surface area contributed by atoms with Gasteiger partial charge in [-0.1, -0.05) is 19.9 Å². The highest BCUT2D eigenvalue weighted by Crippen LogP contribution is 2.07. The average Bonchev–Trinajstić information content (AvgIpc) is 2.46. The molecule has 1 amide bonds. The molecule has 0 fully saturated rings. The maximum atomic E-state index is 12.4. The largest absolute Gasteiger partial charge is 0.349 e. The minimum Gasteiger partial charge on any atom is -0.349 e. The fourth-order valence-electron chi connectivity index (χ4n) is 2.30. The van der Waals surface area contributed by atoms with Gasteiger partial charge in [0.05, 0.1) is 0 Å². The van der Waals surface area contributed by atoms with Crippen molar-refractivity contribution in [3.8, 4) is 0 Å². The van der Waals surface area contributed by atoms with Crippen molar-refractivity contribution >= 4 is 11.6 Å². The van der Waals surface area contributed by atoms with Gasteiger partial charge in [0.2, 0.25) is 0 Å². The molecular formula is C17H23N3O2. The molecule has 118 valence electrons. The summed E-state index contributed by atoms with van der Waals surface area (Å²) in [4.78, 5) is 28.9. The lowest BCUT2D eigenvalue weighted by Gasteiger charge is -2.15. The Balaban J connectivity index is 2.21. The van der Waals surface area contributed by atoms with Crippen LogP contribution >= 0.6 is 0 Å². The second kappa shape index (κ2) is 6.73. The smallest absolute Gasteiger partial charge is 0.270 e.